The summed E-state index contributed by atoms with van der Waals surface area (Å²) in [5, 5.41) is 0.684. The molecule has 0 radical (unpaired) electrons. The van der Waals surface area contributed by atoms with E-state index in [1.807, 2.05) is 37.3 Å². The maximum absolute atomic E-state index is 6.10. The largest absolute Gasteiger partial charge is 0.454 e. The van der Waals surface area contributed by atoms with Crippen molar-refractivity contribution in [1.29, 1.82) is 0 Å². The number of hydrogen-bond acceptors (Lipinski definition) is 6. The molecule has 0 unspecified atom stereocenters. The molecule has 0 amide bonds. The average molecular weight is 426 g/mol. The average Bonchev–Trinajstić information content (AvgIpc) is 3.36. The Balaban J connectivity index is 1.17. The number of hydrogen-bond donors (Lipinski definition) is 0. The van der Waals surface area contributed by atoms with Crippen LogP contribution in [0.5, 0.6) is 11.5 Å². The molecule has 156 valence electrons. The number of halogens is 1. The van der Waals surface area contributed by atoms with E-state index in [1.54, 1.807) is 0 Å². The van der Waals surface area contributed by atoms with Crippen molar-refractivity contribution in [2.75, 3.05) is 33.0 Å². The number of oxazole rings is 1. The van der Waals surface area contributed by atoms with E-state index in [4.69, 9.17) is 30.5 Å². The van der Waals surface area contributed by atoms with Crippen LogP contribution in [0.1, 0.15) is 17.0 Å². The number of piperazine rings is 1. The van der Waals surface area contributed by atoms with Crippen molar-refractivity contribution < 1.29 is 13.9 Å². The molecule has 1 saturated heterocycles. The first-order valence-electron chi connectivity index (χ1n) is 10.2. The molecule has 2 aromatic carbocycles. The van der Waals surface area contributed by atoms with Crippen molar-refractivity contribution in [3.8, 4) is 23.0 Å². The molecule has 3 aromatic rings. The fourth-order valence-electron chi connectivity index (χ4n) is 3.93. The molecule has 7 heteroatoms. The first-order chi connectivity index (χ1) is 14.6. The summed E-state index contributed by atoms with van der Waals surface area (Å²) in [6.45, 7) is 8.07. The highest BCUT2D eigenvalue weighted by atomic mass is 35.5. The van der Waals surface area contributed by atoms with Crippen LogP contribution in [-0.4, -0.2) is 47.8 Å². The predicted octanol–water partition coefficient (Wildman–Crippen LogP) is 4.35. The lowest BCUT2D eigenvalue weighted by Gasteiger charge is -2.34. The molecule has 0 saturated carbocycles. The minimum absolute atomic E-state index is 0.317. The van der Waals surface area contributed by atoms with Crippen LogP contribution in [0.15, 0.2) is 46.9 Å². The van der Waals surface area contributed by atoms with Gasteiger partial charge in [-0.2, -0.15) is 0 Å². The van der Waals surface area contributed by atoms with Crippen LogP contribution in [0, 0.1) is 6.92 Å². The van der Waals surface area contributed by atoms with Gasteiger partial charge >= 0.3 is 0 Å². The lowest BCUT2D eigenvalue weighted by Crippen LogP contribution is -2.45. The second-order valence-electron chi connectivity index (χ2n) is 7.77. The van der Waals surface area contributed by atoms with Gasteiger partial charge in [-0.3, -0.25) is 9.80 Å². The Morgan fingerprint density at radius 2 is 1.70 bits per heavy atom. The molecule has 0 bridgehead atoms. The minimum Gasteiger partial charge on any atom is -0.454 e. The van der Waals surface area contributed by atoms with Crippen molar-refractivity contribution in [3.05, 3.63) is 64.5 Å². The maximum atomic E-state index is 6.10. The molecule has 2 aliphatic heterocycles. The van der Waals surface area contributed by atoms with Crippen molar-refractivity contribution in [1.82, 2.24) is 14.8 Å². The van der Waals surface area contributed by atoms with Gasteiger partial charge in [0.2, 0.25) is 12.7 Å². The van der Waals surface area contributed by atoms with Gasteiger partial charge in [-0.05, 0) is 42.8 Å². The van der Waals surface area contributed by atoms with E-state index in [0.29, 0.717) is 17.7 Å². The molecule has 5 rings (SSSR count). The van der Waals surface area contributed by atoms with E-state index < -0.39 is 0 Å². The Kier molecular flexibility index (Phi) is 5.37. The zero-order chi connectivity index (χ0) is 20.5. The Morgan fingerprint density at radius 3 is 2.50 bits per heavy atom. The second kappa shape index (κ2) is 8.30. The van der Waals surface area contributed by atoms with Crippen LogP contribution >= 0.6 is 11.6 Å². The zero-order valence-corrected chi connectivity index (χ0v) is 17.7. The van der Waals surface area contributed by atoms with Gasteiger partial charge in [0, 0.05) is 49.9 Å². The molecular weight excluding hydrogens is 402 g/mol. The summed E-state index contributed by atoms with van der Waals surface area (Å²) in [6, 6.07) is 13.8. The molecule has 1 aromatic heterocycles. The Bertz CT molecular complexity index is 1040. The van der Waals surface area contributed by atoms with Crippen LogP contribution in [-0.2, 0) is 13.1 Å². The predicted molar refractivity (Wildman–Crippen MR) is 115 cm³/mol. The first-order valence-corrected chi connectivity index (χ1v) is 10.6. The zero-order valence-electron chi connectivity index (χ0n) is 16.9. The highest BCUT2D eigenvalue weighted by Crippen LogP contribution is 2.33. The third-order valence-corrected chi connectivity index (χ3v) is 5.88. The maximum Gasteiger partial charge on any atom is 0.231 e. The van der Waals surface area contributed by atoms with E-state index in [0.717, 1.165) is 67.8 Å². The monoisotopic (exact) mass is 425 g/mol. The Labute approximate surface area is 181 Å². The van der Waals surface area contributed by atoms with Crippen LogP contribution in [0.4, 0.5) is 0 Å². The van der Waals surface area contributed by atoms with E-state index >= 15 is 0 Å². The van der Waals surface area contributed by atoms with Crippen molar-refractivity contribution in [2.45, 2.75) is 20.0 Å². The number of aryl methyl sites for hydroxylation is 1. The molecule has 0 atom stereocenters. The van der Waals surface area contributed by atoms with Gasteiger partial charge in [0.1, 0.15) is 5.76 Å². The summed E-state index contributed by atoms with van der Waals surface area (Å²) in [6.07, 6.45) is 0. The van der Waals surface area contributed by atoms with Crippen molar-refractivity contribution >= 4 is 11.6 Å². The molecule has 0 spiro atoms. The summed E-state index contributed by atoms with van der Waals surface area (Å²) in [4.78, 5) is 9.64. The molecular formula is C23H24ClN3O3. The van der Waals surface area contributed by atoms with Gasteiger partial charge < -0.3 is 13.9 Å². The number of ether oxygens (including phenoxy) is 2. The summed E-state index contributed by atoms with van der Waals surface area (Å²) in [5.41, 5.74) is 3.16. The molecule has 0 aliphatic carbocycles. The van der Waals surface area contributed by atoms with Crippen molar-refractivity contribution in [3.63, 3.8) is 0 Å². The SMILES string of the molecule is Cc1oc(-c2cccc(Cl)c2)nc1CN1CCN(Cc2ccc3c(c2)OCO3)CC1. The van der Waals surface area contributed by atoms with Crippen molar-refractivity contribution in [2.24, 2.45) is 0 Å². The van der Waals surface area contributed by atoms with Crippen LogP contribution in [0.2, 0.25) is 5.02 Å². The molecule has 3 heterocycles. The minimum atomic E-state index is 0.317. The second-order valence-corrected chi connectivity index (χ2v) is 8.21. The van der Waals surface area contributed by atoms with E-state index in [1.165, 1.54) is 5.56 Å². The summed E-state index contributed by atoms with van der Waals surface area (Å²) >= 11 is 6.10. The van der Waals surface area contributed by atoms with Gasteiger partial charge in [0.25, 0.3) is 0 Å². The van der Waals surface area contributed by atoms with Crippen LogP contribution in [0.25, 0.3) is 11.5 Å². The van der Waals surface area contributed by atoms with Gasteiger partial charge in [0.05, 0.1) is 5.69 Å². The third kappa shape index (κ3) is 4.17. The fraction of sp³-hybridized carbons (Fsp3) is 0.348. The molecule has 2 aliphatic rings. The van der Waals surface area contributed by atoms with Gasteiger partial charge in [-0.25, -0.2) is 4.98 Å². The summed E-state index contributed by atoms with van der Waals surface area (Å²) in [5.74, 6) is 3.19. The van der Waals surface area contributed by atoms with Gasteiger partial charge in [0.15, 0.2) is 11.5 Å². The molecule has 0 N–H and O–H groups in total. The molecule has 1 fully saturated rings. The van der Waals surface area contributed by atoms with Crippen LogP contribution < -0.4 is 9.47 Å². The summed E-state index contributed by atoms with van der Waals surface area (Å²) in [7, 11) is 0. The standard InChI is InChI=1S/C23H24ClN3O3/c1-16-20(25-23(30-16)18-3-2-4-19(24)12-18)14-27-9-7-26(8-10-27)13-17-5-6-21-22(11-17)29-15-28-21/h2-6,11-12H,7-10,13-15H2,1H3. The normalized spacial score (nSPS) is 16.9. The van der Waals surface area contributed by atoms with E-state index in [-0.39, 0.29) is 0 Å². The van der Waals surface area contributed by atoms with Gasteiger partial charge in [-0.15, -0.1) is 0 Å². The number of aromatic nitrogens is 1. The topological polar surface area (TPSA) is 51.0 Å². The smallest absolute Gasteiger partial charge is 0.231 e. The number of benzene rings is 2. The van der Waals surface area contributed by atoms with E-state index in [9.17, 15) is 0 Å². The Morgan fingerprint density at radius 1 is 0.933 bits per heavy atom. The number of fused-ring (bicyclic) bond motifs is 1. The highest BCUT2D eigenvalue weighted by molar-refractivity contribution is 6.30. The fourth-order valence-corrected chi connectivity index (χ4v) is 4.12. The Hall–Kier alpha value is -2.54. The lowest BCUT2D eigenvalue weighted by molar-refractivity contribution is 0.120. The highest BCUT2D eigenvalue weighted by Gasteiger charge is 2.21. The lowest BCUT2D eigenvalue weighted by atomic mass is 10.1. The number of rotatable bonds is 5. The molecule has 6 nitrogen and oxygen atoms in total. The number of nitrogens with zero attached hydrogens (tertiary/aromatic N) is 3. The van der Waals surface area contributed by atoms with E-state index in [2.05, 4.69) is 21.9 Å². The summed E-state index contributed by atoms with van der Waals surface area (Å²) < 4.78 is 16.8. The first kappa shape index (κ1) is 19.4. The van der Waals surface area contributed by atoms with Crippen LogP contribution in [0.3, 0.4) is 0 Å². The molecule has 30 heavy (non-hydrogen) atoms. The quantitative estimate of drug-likeness (QED) is 0.605. The third-order valence-electron chi connectivity index (χ3n) is 5.65. The van der Waals surface area contributed by atoms with Gasteiger partial charge in [-0.1, -0.05) is 23.7 Å².